The molecule has 0 fully saturated rings. The van der Waals surface area contributed by atoms with Crippen molar-refractivity contribution in [3.8, 4) is 11.6 Å². The van der Waals surface area contributed by atoms with Crippen LogP contribution in [-0.2, 0) is 4.79 Å². The van der Waals surface area contributed by atoms with Crippen LogP contribution in [0.25, 0.3) is 10.3 Å². The van der Waals surface area contributed by atoms with Crippen LogP contribution in [-0.4, -0.2) is 35.8 Å². The summed E-state index contributed by atoms with van der Waals surface area (Å²) in [7, 11) is 3.02. The SMILES string of the molecule is CC[C@H](CC(=O)c1nc2nc(OC)c(OC)cc2s1)C(C)=O. The molecule has 0 bridgehead atoms. The van der Waals surface area contributed by atoms with Crippen LogP contribution in [0, 0.1) is 5.92 Å². The number of hydrogen-bond acceptors (Lipinski definition) is 7. The smallest absolute Gasteiger partial charge is 0.258 e. The van der Waals surface area contributed by atoms with Crippen molar-refractivity contribution in [2.45, 2.75) is 26.7 Å². The number of nitrogens with zero attached hydrogens (tertiary/aromatic N) is 2. The van der Waals surface area contributed by atoms with E-state index < -0.39 is 0 Å². The molecule has 0 spiro atoms. The van der Waals surface area contributed by atoms with E-state index in [1.54, 1.807) is 6.07 Å². The maximum Gasteiger partial charge on any atom is 0.258 e. The highest BCUT2D eigenvalue weighted by atomic mass is 32.1. The number of aromatic nitrogens is 2. The Hall–Kier alpha value is -2.02. The molecule has 0 saturated carbocycles. The molecule has 118 valence electrons. The third-order valence-corrected chi connectivity index (χ3v) is 4.50. The topological polar surface area (TPSA) is 78.4 Å². The quantitative estimate of drug-likeness (QED) is 0.729. The summed E-state index contributed by atoms with van der Waals surface area (Å²) in [6.45, 7) is 3.41. The maximum absolute atomic E-state index is 12.3. The van der Waals surface area contributed by atoms with Crippen LogP contribution in [0.5, 0.6) is 11.6 Å². The molecule has 6 nitrogen and oxygen atoms in total. The molecule has 0 aliphatic rings. The Morgan fingerprint density at radius 1 is 1.27 bits per heavy atom. The lowest BCUT2D eigenvalue weighted by atomic mass is 9.96. The van der Waals surface area contributed by atoms with Gasteiger partial charge in [0.05, 0.1) is 18.9 Å². The van der Waals surface area contributed by atoms with Gasteiger partial charge < -0.3 is 9.47 Å². The molecule has 0 amide bonds. The number of thiazole rings is 1. The largest absolute Gasteiger partial charge is 0.491 e. The minimum atomic E-state index is -0.253. The van der Waals surface area contributed by atoms with Crippen molar-refractivity contribution >= 4 is 33.3 Å². The highest BCUT2D eigenvalue weighted by Crippen LogP contribution is 2.32. The first-order chi connectivity index (χ1) is 10.5. The summed E-state index contributed by atoms with van der Waals surface area (Å²) in [5.41, 5.74) is 0.446. The number of hydrogen-bond donors (Lipinski definition) is 0. The maximum atomic E-state index is 12.3. The second-order valence-electron chi connectivity index (χ2n) is 4.88. The Balaban J connectivity index is 2.32. The molecule has 2 heterocycles. The summed E-state index contributed by atoms with van der Waals surface area (Å²) < 4.78 is 11.1. The van der Waals surface area contributed by atoms with Crippen molar-refractivity contribution in [3.63, 3.8) is 0 Å². The molecule has 0 saturated heterocycles. The molecule has 2 aromatic heterocycles. The van der Waals surface area contributed by atoms with E-state index in [1.807, 2.05) is 6.92 Å². The number of carbonyl (C=O) groups is 2. The van der Waals surface area contributed by atoms with E-state index in [9.17, 15) is 9.59 Å². The Bertz CT molecular complexity index is 670. The van der Waals surface area contributed by atoms with E-state index in [4.69, 9.17) is 9.47 Å². The number of ether oxygens (including phenoxy) is 2. The Labute approximate surface area is 132 Å². The van der Waals surface area contributed by atoms with Gasteiger partial charge in [-0.15, -0.1) is 11.3 Å². The second-order valence-corrected chi connectivity index (χ2v) is 5.91. The van der Waals surface area contributed by atoms with Crippen LogP contribution in [0.4, 0.5) is 0 Å². The fourth-order valence-electron chi connectivity index (χ4n) is 2.13. The molecule has 2 aromatic rings. The number of fused-ring (bicyclic) bond motifs is 1. The molecule has 0 radical (unpaired) electrons. The third kappa shape index (κ3) is 3.24. The van der Waals surface area contributed by atoms with Crippen molar-refractivity contribution in [2.24, 2.45) is 5.92 Å². The molecular weight excluding hydrogens is 304 g/mol. The average molecular weight is 322 g/mol. The van der Waals surface area contributed by atoms with Crippen molar-refractivity contribution in [1.82, 2.24) is 9.97 Å². The predicted octanol–water partition coefficient (Wildman–Crippen LogP) is 2.90. The summed E-state index contributed by atoms with van der Waals surface area (Å²) in [4.78, 5) is 32.3. The van der Waals surface area contributed by atoms with Crippen molar-refractivity contribution in [3.05, 3.63) is 11.1 Å². The van der Waals surface area contributed by atoms with E-state index in [2.05, 4.69) is 9.97 Å². The van der Waals surface area contributed by atoms with E-state index in [0.29, 0.717) is 28.7 Å². The van der Waals surface area contributed by atoms with Crippen LogP contribution in [0.1, 0.15) is 36.5 Å². The summed E-state index contributed by atoms with van der Waals surface area (Å²) in [6.07, 6.45) is 0.825. The molecule has 1 atom stereocenters. The predicted molar refractivity (Wildman–Crippen MR) is 83.9 cm³/mol. The second kappa shape index (κ2) is 6.83. The van der Waals surface area contributed by atoms with Crippen molar-refractivity contribution in [2.75, 3.05) is 14.2 Å². The zero-order valence-corrected chi connectivity index (χ0v) is 13.8. The van der Waals surface area contributed by atoms with E-state index >= 15 is 0 Å². The van der Waals surface area contributed by atoms with Crippen molar-refractivity contribution < 1.29 is 19.1 Å². The highest BCUT2D eigenvalue weighted by molar-refractivity contribution is 7.20. The Morgan fingerprint density at radius 2 is 2.00 bits per heavy atom. The Kier molecular flexibility index (Phi) is 5.07. The lowest BCUT2D eigenvalue weighted by Crippen LogP contribution is -2.15. The first-order valence-electron chi connectivity index (χ1n) is 6.93. The van der Waals surface area contributed by atoms with E-state index in [0.717, 1.165) is 4.70 Å². The number of rotatable bonds is 7. The average Bonchev–Trinajstić information content (AvgIpc) is 2.93. The zero-order valence-electron chi connectivity index (χ0n) is 13.0. The van der Waals surface area contributed by atoms with Crippen LogP contribution in [0.2, 0.25) is 0 Å². The normalized spacial score (nSPS) is 12.2. The summed E-state index contributed by atoms with van der Waals surface area (Å²) in [6, 6.07) is 1.75. The Morgan fingerprint density at radius 3 is 2.55 bits per heavy atom. The van der Waals surface area contributed by atoms with Gasteiger partial charge in [-0.25, -0.2) is 4.98 Å². The number of ketones is 2. The van der Waals surface area contributed by atoms with E-state index in [-0.39, 0.29) is 23.9 Å². The highest BCUT2D eigenvalue weighted by Gasteiger charge is 2.21. The fourth-order valence-corrected chi connectivity index (χ4v) is 3.01. The number of pyridine rings is 1. The first-order valence-corrected chi connectivity index (χ1v) is 7.75. The van der Waals surface area contributed by atoms with E-state index in [1.165, 1.54) is 32.5 Å². The fraction of sp³-hybridized carbons (Fsp3) is 0.467. The number of methoxy groups -OCH3 is 2. The molecule has 2 rings (SSSR count). The van der Waals surface area contributed by atoms with Gasteiger partial charge in [0.15, 0.2) is 22.2 Å². The first kappa shape index (κ1) is 16.4. The van der Waals surface area contributed by atoms with Gasteiger partial charge in [-0.3, -0.25) is 9.59 Å². The van der Waals surface area contributed by atoms with Gasteiger partial charge >= 0.3 is 0 Å². The molecule has 0 N–H and O–H groups in total. The standard InChI is InChI=1S/C15H18N2O4S/c1-5-9(8(2)18)6-10(19)15-17-13-12(22-15)7-11(20-3)14(16-13)21-4/h7,9H,5-6H2,1-4H3/t9-/m1/s1. The van der Waals surface area contributed by atoms with Crippen LogP contribution in [0.3, 0.4) is 0 Å². The summed E-state index contributed by atoms with van der Waals surface area (Å²) in [5, 5.41) is 0.359. The third-order valence-electron chi connectivity index (χ3n) is 3.47. The summed E-state index contributed by atoms with van der Waals surface area (Å²) in [5.74, 6) is 0.459. The molecule has 7 heteroatoms. The van der Waals surface area contributed by atoms with Gasteiger partial charge in [0.1, 0.15) is 5.78 Å². The van der Waals surface area contributed by atoms with Gasteiger partial charge in [-0.05, 0) is 13.3 Å². The van der Waals surface area contributed by atoms with Crippen LogP contribution >= 0.6 is 11.3 Å². The molecule has 22 heavy (non-hydrogen) atoms. The number of Topliss-reactive ketones (excluding diaryl/α,β-unsaturated/α-hetero) is 2. The van der Waals surface area contributed by atoms with Crippen molar-refractivity contribution in [1.29, 1.82) is 0 Å². The molecular formula is C15H18N2O4S. The number of carbonyl (C=O) groups excluding carboxylic acids is 2. The molecule has 0 unspecified atom stereocenters. The van der Waals surface area contributed by atoms with Crippen LogP contribution in [0.15, 0.2) is 6.07 Å². The molecule has 0 aliphatic carbocycles. The minimum absolute atomic E-state index is 0.0263. The zero-order chi connectivity index (χ0) is 16.3. The van der Waals surface area contributed by atoms with Crippen LogP contribution < -0.4 is 9.47 Å². The molecule has 0 aliphatic heterocycles. The van der Waals surface area contributed by atoms with Gasteiger partial charge in [0, 0.05) is 18.4 Å². The monoisotopic (exact) mass is 322 g/mol. The van der Waals surface area contributed by atoms with Gasteiger partial charge in [-0.2, -0.15) is 4.98 Å². The minimum Gasteiger partial charge on any atom is -0.491 e. The lowest BCUT2D eigenvalue weighted by molar-refractivity contribution is -0.120. The van der Waals surface area contributed by atoms with Gasteiger partial charge in [0.2, 0.25) is 0 Å². The van der Waals surface area contributed by atoms with Gasteiger partial charge in [0.25, 0.3) is 5.88 Å². The lowest BCUT2D eigenvalue weighted by Gasteiger charge is -2.07. The van der Waals surface area contributed by atoms with Gasteiger partial charge in [-0.1, -0.05) is 6.92 Å². The molecule has 0 aromatic carbocycles. The summed E-state index contributed by atoms with van der Waals surface area (Å²) >= 11 is 1.25.